The van der Waals surface area contributed by atoms with Gasteiger partial charge in [-0.25, -0.2) is 4.98 Å². The van der Waals surface area contributed by atoms with Crippen LogP contribution in [-0.4, -0.2) is 14.7 Å². The van der Waals surface area contributed by atoms with Crippen LogP contribution in [0, 0.1) is 0 Å². The molecule has 0 unspecified atom stereocenters. The minimum atomic E-state index is 0.351. The van der Waals surface area contributed by atoms with E-state index in [1.807, 2.05) is 73.1 Å². The van der Waals surface area contributed by atoms with Crippen molar-refractivity contribution in [3.8, 4) is 17.0 Å². The summed E-state index contributed by atoms with van der Waals surface area (Å²) >= 11 is 0. The Balaban J connectivity index is 1.53. The summed E-state index contributed by atoms with van der Waals surface area (Å²) < 4.78 is 13.7. The van der Waals surface area contributed by atoms with E-state index in [0.717, 1.165) is 34.2 Å². The van der Waals surface area contributed by atoms with Crippen LogP contribution in [0.1, 0.15) is 36.9 Å². The van der Waals surface area contributed by atoms with Gasteiger partial charge in [-0.1, -0.05) is 61.5 Å². The minimum Gasteiger partial charge on any atom is -0.488 e. The van der Waals surface area contributed by atoms with E-state index < -0.39 is 0 Å². The van der Waals surface area contributed by atoms with Gasteiger partial charge in [0, 0.05) is 29.9 Å². The second-order valence-electron chi connectivity index (χ2n) is 7.02. The molecule has 2 aromatic heterocycles. The molecule has 0 amide bonds. The maximum atomic E-state index is 6.05. The van der Waals surface area contributed by atoms with Crippen molar-refractivity contribution in [2.45, 2.75) is 32.9 Å². The molecule has 2 heterocycles. The van der Waals surface area contributed by atoms with Gasteiger partial charge in [-0.2, -0.15) is 0 Å². The Hall–Kier alpha value is -3.34. The zero-order chi connectivity index (χ0) is 19.3. The van der Waals surface area contributed by atoms with Gasteiger partial charge < -0.3 is 13.8 Å². The maximum absolute atomic E-state index is 6.05. The van der Waals surface area contributed by atoms with Gasteiger partial charge in [0.1, 0.15) is 23.9 Å². The molecule has 0 fully saturated rings. The summed E-state index contributed by atoms with van der Waals surface area (Å²) in [4.78, 5) is 4.42. The molecule has 0 saturated heterocycles. The molecule has 142 valence electrons. The number of rotatable bonds is 7. The van der Waals surface area contributed by atoms with E-state index in [-0.39, 0.29) is 0 Å². The average molecular weight is 373 g/mol. The molecule has 0 aliphatic heterocycles. The highest BCUT2D eigenvalue weighted by Gasteiger charge is 2.14. The summed E-state index contributed by atoms with van der Waals surface area (Å²) in [6.45, 7) is 5.37. The van der Waals surface area contributed by atoms with E-state index in [4.69, 9.17) is 9.26 Å². The van der Waals surface area contributed by atoms with Crippen LogP contribution < -0.4 is 4.74 Å². The summed E-state index contributed by atoms with van der Waals surface area (Å²) in [6, 6.07) is 20.0. The molecule has 0 saturated carbocycles. The van der Waals surface area contributed by atoms with Crippen molar-refractivity contribution >= 4 is 0 Å². The first kappa shape index (κ1) is 18.0. The lowest BCUT2D eigenvalue weighted by Gasteiger charge is -2.09. The largest absolute Gasteiger partial charge is 0.488 e. The van der Waals surface area contributed by atoms with Gasteiger partial charge in [-0.3, -0.25) is 0 Å². The number of nitrogens with zero attached hydrogens (tertiary/aromatic N) is 3. The Bertz CT molecular complexity index is 1030. The van der Waals surface area contributed by atoms with Crippen molar-refractivity contribution in [2.75, 3.05) is 0 Å². The first-order valence-corrected chi connectivity index (χ1v) is 9.43. The number of hydrogen-bond donors (Lipinski definition) is 0. The Morgan fingerprint density at radius 2 is 1.82 bits per heavy atom. The monoisotopic (exact) mass is 373 g/mol. The van der Waals surface area contributed by atoms with E-state index >= 15 is 0 Å². The topological polar surface area (TPSA) is 53.1 Å². The fraction of sp³-hybridized carbons (Fsp3) is 0.217. The van der Waals surface area contributed by atoms with Crippen LogP contribution in [0.2, 0.25) is 0 Å². The van der Waals surface area contributed by atoms with E-state index in [1.165, 1.54) is 0 Å². The van der Waals surface area contributed by atoms with Gasteiger partial charge >= 0.3 is 0 Å². The number of hydrogen-bond acceptors (Lipinski definition) is 4. The van der Waals surface area contributed by atoms with Crippen molar-refractivity contribution in [1.82, 2.24) is 14.7 Å². The molecule has 5 nitrogen and oxygen atoms in total. The summed E-state index contributed by atoms with van der Waals surface area (Å²) in [5.41, 5.74) is 2.81. The number of benzene rings is 2. The number of ether oxygens (including phenoxy) is 1. The van der Waals surface area contributed by atoms with Crippen LogP contribution in [0.3, 0.4) is 0 Å². The molecule has 5 heteroatoms. The number of imidazole rings is 1. The highest BCUT2D eigenvalue weighted by molar-refractivity contribution is 5.66. The fourth-order valence-electron chi connectivity index (χ4n) is 3.18. The van der Waals surface area contributed by atoms with E-state index in [1.54, 1.807) is 0 Å². The molecule has 4 rings (SSSR count). The molecule has 4 aromatic rings. The lowest BCUT2D eigenvalue weighted by atomic mass is 10.1. The molecule has 2 aromatic carbocycles. The summed E-state index contributed by atoms with van der Waals surface area (Å²) in [6.07, 6.45) is 3.79. The zero-order valence-corrected chi connectivity index (χ0v) is 16.1. The standard InChI is InChI=1S/C23H23N3O2/c1-17(2)23-24-12-13-26(23)15-19-14-21(25-28-19)20-10-6-7-11-22(20)27-16-18-8-4-3-5-9-18/h3-14,17H,15-16H2,1-2H3. The maximum Gasteiger partial charge on any atom is 0.157 e. The molecule has 0 aliphatic rings. The average Bonchev–Trinajstić information content (AvgIpc) is 3.37. The summed E-state index contributed by atoms with van der Waals surface area (Å²) in [5.74, 6) is 2.96. The molecule has 0 radical (unpaired) electrons. The molecule has 28 heavy (non-hydrogen) atoms. The molecule has 0 aliphatic carbocycles. The van der Waals surface area contributed by atoms with Gasteiger partial charge in [-0.15, -0.1) is 0 Å². The molecular formula is C23H23N3O2. The Labute approximate surface area is 164 Å². The lowest BCUT2D eigenvalue weighted by molar-refractivity contribution is 0.307. The molecule has 0 spiro atoms. The summed E-state index contributed by atoms with van der Waals surface area (Å²) in [5, 5.41) is 4.27. The van der Waals surface area contributed by atoms with Crippen molar-refractivity contribution in [3.05, 3.63) is 90.2 Å². The van der Waals surface area contributed by atoms with Crippen molar-refractivity contribution in [2.24, 2.45) is 0 Å². The number of para-hydroxylation sites is 1. The first-order valence-electron chi connectivity index (χ1n) is 9.43. The predicted octanol–water partition coefficient (Wildman–Crippen LogP) is 5.29. The number of aromatic nitrogens is 3. The first-order chi connectivity index (χ1) is 13.7. The van der Waals surface area contributed by atoms with Gasteiger partial charge in [0.25, 0.3) is 0 Å². The van der Waals surface area contributed by atoms with Crippen molar-refractivity contribution < 1.29 is 9.26 Å². The normalized spacial score (nSPS) is 11.1. The van der Waals surface area contributed by atoms with E-state index in [0.29, 0.717) is 19.1 Å². The molecule has 0 bridgehead atoms. The molecular weight excluding hydrogens is 350 g/mol. The fourth-order valence-corrected chi connectivity index (χ4v) is 3.18. The van der Waals surface area contributed by atoms with Crippen LogP contribution in [0.25, 0.3) is 11.3 Å². The van der Waals surface area contributed by atoms with Gasteiger partial charge in [0.2, 0.25) is 0 Å². The van der Waals surface area contributed by atoms with E-state index in [9.17, 15) is 0 Å². The van der Waals surface area contributed by atoms with Gasteiger partial charge in [0.05, 0.1) is 6.54 Å². The van der Waals surface area contributed by atoms with Crippen LogP contribution in [0.15, 0.2) is 77.6 Å². The van der Waals surface area contributed by atoms with Gasteiger partial charge in [-0.05, 0) is 17.7 Å². The molecule has 0 N–H and O–H groups in total. The quantitative estimate of drug-likeness (QED) is 0.442. The van der Waals surface area contributed by atoms with Crippen LogP contribution in [0.5, 0.6) is 5.75 Å². The Morgan fingerprint density at radius 1 is 1.04 bits per heavy atom. The SMILES string of the molecule is CC(C)c1nccn1Cc1cc(-c2ccccc2OCc2ccccc2)no1. The summed E-state index contributed by atoms with van der Waals surface area (Å²) in [7, 11) is 0. The Morgan fingerprint density at radius 3 is 2.64 bits per heavy atom. The van der Waals surface area contributed by atoms with Crippen LogP contribution in [0.4, 0.5) is 0 Å². The highest BCUT2D eigenvalue weighted by atomic mass is 16.5. The van der Waals surface area contributed by atoms with Crippen LogP contribution in [-0.2, 0) is 13.2 Å². The molecule has 0 atom stereocenters. The minimum absolute atomic E-state index is 0.351. The highest BCUT2D eigenvalue weighted by Crippen LogP contribution is 2.30. The third kappa shape index (κ3) is 3.98. The third-order valence-electron chi connectivity index (χ3n) is 4.55. The second kappa shape index (κ2) is 8.13. The van der Waals surface area contributed by atoms with Crippen molar-refractivity contribution in [3.63, 3.8) is 0 Å². The van der Waals surface area contributed by atoms with E-state index in [2.05, 4.69) is 28.6 Å². The third-order valence-corrected chi connectivity index (χ3v) is 4.55. The Kier molecular flexibility index (Phi) is 5.24. The smallest absolute Gasteiger partial charge is 0.157 e. The van der Waals surface area contributed by atoms with Gasteiger partial charge in [0.15, 0.2) is 5.76 Å². The predicted molar refractivity (Wildman–Crippen MR) is 108 cm³/mol. The second-order valence-corrected chi connectivity index (χ2v) is 7.02. The van der Waals surface area contributed by atoms with Crippen LogP contribution >= 0.6 is 0 Å². The van der Waals surface area contributed by atoms with Crippen molar-refractivity contribution in [1.29, 1.82) is 0 Å². The lowest BCUT2D eigenvalue weighted by Crippen LogP contribution is -2.05. The zero-order valence-electron chi connectivity index (χ0n) is 16.1.